The molecule has 21 heavy (non-hydrogen) atoms. The van der Waals surface area contributed by atoms with E-state index in [-0.39, 0.29) is 12.0 Å². The van der Waals surface area contributed by atoms with Gasteiger partial charge in [-0.15, -0.1) is 0 Å². The molecule has 0 radical (unpaired) electrons. The summed E-state index contributed by atoms with van der Waals surface area (Å²) in [6.45, 7) is 5.86. The molecule has 0 bridgehead atoms. The number of nitrogens with zero attached hydrogens (tertiary/aromatic N) is 1. The van der Waals surface area contributed by atoms with Crippen molar-refractivity contribution in [3.05, 3.63) is 53.9 Å². The number of rotatable bonds is 5. The highest BCUT2D eigenvalue weighted by atomic mass is 16.5. The standard InChI is InChI=1S/C17H20N2O2/c1-12(2)21-16-6-4-14(5-7-16)11-17(20)19-15-8-9-18-13(3)10-15/h4-10,12H,11H2,1-3H3,(H,18,19,20). The molecule has 0 aliphatic rings. The van der Waals surface area contributed by atoms with Crippen LogP contribution >= 0.6 is 0 Å². The zero-order valence-electron chi connectivity index (χ0n) is 12.6. The molecule has 0 spiro atoms. The average molecular weight is 284 g/mol. The van der Waals surface area contributed by atoms with Gasteiger partial charge in [0, 0.05) is 17.6 Å². The molecule has 0 aliphatic carbocycles. The van der Waals surface area contributed by atoms with E-state index in [1.807, 2.05) is 51.1 Å². The lowest BCUT2D eigenvalue weighted by molar-refractivity contribution is -0.115. The average Bonchev–Trinajstić information content (AvgIpc) is 2.40. The summed E-state index contributed by atoms with van der Waals surface area (Å²) in [6.07, 6.45) is 2.17. The van der Waals surface area contributed by atoms with Crippen molar-refractivity contribution in [2.75, 3.05) is 5.32 Å². The molecule has 110 valence electrons. The number of benzene rings is 1. The molecular formula is C17H20N2O2. The molecule has 0 fully saturated rings. The molecule has 1 heterocycles. The van der Waals surface area contributed by atoms with E-state index < -0.39 is 0 Å². The second-order valence-corrected chi connectivity index (χ2v) is 5.22. The van der Waals surface area contributed by atoms with Gasteiger partial charge in [-0.25, -0.2) is 0 Å². The van der Waals surface area contributed by atoms with Gasteiger partial charge in [-0.1, -0.05) is 12.1 Å². The summed E-state index contributed by atoms with van der Waals surface area (Å²) >= 11 is 0. The molecule has 1 amide bonds. The lowest BCUT2D eigenvalue weighted by Crippen LogP contribution is -2.14. The molecular weight excluding hydrogens is 264 g/mol. The van der Waals surface area contributed by atoms with Gasteiger partial charge < -0.3 is 10.1 Å². The molecule has 0 saturated carbocycles. The number of carbonyl (C=O) groups is 1. The van der Waals surface area contributed by atoms with Crippen molar-refractivity contribution >= 4 is 11.6 Å². The van der Waals surface area contributed by atoms with Gasteiger partial charge in [-0.3, -0.25) is 9.78 Å². The molecule has 0 unspecified atom stereocenters. The van der Waals surface area contributed by atoms with Gasteiger partial charge in [0.25, 0.3) is 0 Å². The minimum Gasteiger partial charge on any atom is -0.491 e. The number of hydrogen-bond acceptors (Lipinski definition) is 3. The predicted molar refractivity (Wildman–Crippen MR) is 83.5 cm³/mol. The van der Waals surface area contributed by atoms with Crippen LogP contribution in [0.1, 0.15) is 25.1 Å². The summed E-state index contributed by atoms with van der Waals surface area (Å²) in [5.74, 6) is 0.775. The smallest absolute Gasteiger partial charge is 0.228 e. The molecule has 0 atom stereocenters. The van der Waals surface area contributed by atoms with Crippen molar-refractivity contribution in [1.82, 2.24) is 4.98 Å². The Balaban J connectivity index is 1.93. The van der Waals surface area contributed by atoms with Crippen LogP contribution in [0.3, 0.4) is 0 Å². The largest absolute Gasteiger partial charge is 0.491 e. The molecule has 2 rings (SSSR count). The van der Waals surface area contributed by atoms with Crippen LogP contribution in [0.2, 0.25) is 0 Å². The molecule has 1 aromatic carbocycles. The quantitative estimate of drug-likeness (QED) is 0.916. The van der Waals surface area contributed by atoms with Gasteiger partial charge in [0.15, 0.2) is 0 Å². The molecule has 0 aliphatic heterocycles. The number of anilines is 1. The predicted octanol–water partition coefficient (Wildman–Crippen LogP) is 3.36. The van der Waals surface area contributed by atoms with Crippen LogP contribution in [0.15, 0.2) is 42.6 Å². The minimum atomic E-state index is -0.0434. The van der Waals surface area contributed by atoms with E-state index in [0.717, 1.165) is 22.7 Å². The Labute approximate surface area is 125 Å². The number of ether oxygens (including phenoxy) is 1. The number of hydrogen-bond donors (Lipinski definition) is 1. The maximum absolute atomic E-state index is 12.0. The normalized spacial score (nSPS) is 10.5. The van der Waals surface area contributed by atoms with E-state index in [0.29, 0.717) is 6.42 Å². The first kappa shape index (κ1) is 15.0. The topological polar surface area (TPSA) is 51.2 Å². The number of aryl methyl sites for hydroxylation is 1. The Morgan fingerprint density at radius 3 is 2.57 bits per heavy atom. The van der Waals surface area contributed by atoms with Gasteiger partial charge in [0.2, 0.25) is 5.91 Å². The van der Waals surface area contributed by atoms with Crippen LogP contribution in [0, 0.1) is 6.92 Å². The van der Waals surface area contributed by atoms with Crippen molar-refractivity contribution in [3.8, 4) is 5.75 Å². The number of pyridine rings is 1. The van der Waals surface area contributed by atoms with Gasteiger partial charge in [0.1, 0.15) is 5.75 Å². The summed E-state index contributed by atoms with van der Waals surface area (Å²) in [6, 6.07) is 11.2. The maximum Gasteiger partial charge on any atom is 0.228 e. The molecule has 4 heteroatoms. The molecule has 1 aromatic heterocycles. The van der Waals surface area contributed by atoms with E-state index in [1.165, 1.54) is 0 Å². The van der Waals surface area contributed by atoms with Crippen LogP contribution in [-0.2, 0) is 11.2 Å². The zero-order valence-corrected chi connectivity index (χ0v) is 12.6. The number of amides is 1. The highest BCUT2D eigenvalue weighted by molar-refractivity contribution is 5.92. The van der Waals surface area contributed by atoms with E-state index in [4.69, 9.17) is 4.74 Å². The molecule has 1 N–H and O–H groups in total. The van der Waals surface area contributed by atoms with Crippen molar-refractivity contribution in [2.45, 2.75) is 33.3 Å². The van der Waals surface area contributed by atoms with Gasteiger partial charge in [0.05, 0.1) is 12.5 Å². The SMILES string of the molecule is Cc1cc(NC(=O)Cc2ccc(OC(C)C)cc2)ccn1. The van der Waals surface area contributed by atoms with E-state index >= 15 is 0 Å². The molecule has 2 aromatic rings. The van der Waals surface area contributed by atoms with E-state index in [9.17, 15) is 4.79 Å². The minimum absolute atomic E-state index is 0.0434. The highest BCUT2D eigenvalue weighted by Gasteiger charge is 2.05. The van der Waals surface area contributed by atoms with Crippen LogP contribution in [-0.4, -0.2) is 17.0 Å². The highest BCUT2D eigenvalue weighted by Crippen LogP contribution is 2.15. The summed E-state index contributed by atoms with van der Waals surface area (Å²) in [5.41, 5.74) is 2.60. The van der Waals surface area contributed by atoms with Crippen molar-refractivity contribution in [3.63, 3.8) is 0 Å². The summed E-state index contributed by atoms with van der Waals surface area (Å²) in [7, 11) is 0. The van der Waals surface area contributed by atoms with Gasteiger partial charge >= 0.3 is 0 Å². The van der Waals surface area contributed by atoms with Crippen LogP contribution in [0.5, 0.6) is 5.75 Å². The molecule has 4 nitrogen and oxygen atoms in total. The second kappa shape index (κ2) is 6.88. The fraction of sp³-hybridized carbons (Fsp3) is 0.294. The van der Waals surface area contributed by atoms with Crippen LogP contribution in [0.25, 0.3) is 0 Å². The number of nitrogens with one attached hydrogen (secondary N) is 1. The Morgan fingerprint density at radius 2 is 1.95 bits per heavy atom. The van der Waals surface area contributed by atoms with Crippen LogP contribution < -0.4 is 10.1 Å². The Kier molecular flexibility index (Phi) is 4.93. The fourth-order valence-corrected chi connectivity index (χ4v) is 1.97. The van der Waals surface area contributed by atoms with E-state index in [1.54, 1.807) is 12.3 Å². The first-order valence-corrected chi connectivity index (χ1v) is 7.01. The van der Waals surface area contributed by atoms with Gasteiger partial charge in [-0.05, 0) is 50.6 Å². The van der Waals surface area contributed by atoms with Gasteiger partial charge in [-0.2, -0.15) is 0 Å². The van der Waals surface area contributed by atoms with Crippen molar-refractivity contribution in [1.29, 1.82) is 0 Å². The van der Waals surface area contributed by atoms with Crippen LogP contribution in [0.4, 0.5) is 5.69 Å². The number of carbonyl (C=O) groups excluding carboxylic acids is 1. The van der Waals surface area contributed by atoms with Crippen molar-refractivity contribution in [2.24, 2.45) is 0 Å². The first-order valence-electron chi connectivity index (χ1n) is 7.01. The monoisotopic (exact) mass is 284 g/mol. The lowest BCUT2D eigenvalue weighted by atomic mass is 10.1. The third-order valence-corrected chi connectivity index (χ3v) is 2.84. The Morgan fingerprint density at radius 1 is 1.24 bits per heavy atom. The third-order valence-electron chi connectivity index (χ3n) is 2.84. The Bertz CT molecular complexity index is 606. The first-order chi connectivity index (χ1) is 10.0. The summed E-state index contributed by atoms with van der Waals surface area (Å²) in [5, 5.41) is 2.87. The maximum atomic E-state index is 12.0. The summed E-state index contributed by atoms with van der Waals surface area (Å²) in [4.78, 5) is 16.1. The lowest BCUT2D eigenvalue weighted by Gasteiger charge is -2.10. The Hall–Kier alpha value is -2.36. The second-order valence-electron chi connectivity index (χ2n) is 5.22. The third kappa shape index (κ3) is 4.91. The zero-order chi connectivity index (χ0) is 15.2. The molecule has 0 saturated heterocycles. The number of aromatic nitrogens is 1. The summed E-state index contributed by atoms with van der Waals surface area (Å²) < 4.78 is 5.58. The van der Waals surface area contributed by atoms with E-state index in [2.05, 4.69) is 10.3 Å². The fourth-order valence-electron chi connectivity index (χ4n) is 1.97. The van der Waals surface area contributed by atoms with Crippen molar-refractivity contribution < 1.29 is 9.53 Å².